The van der Waals surface area contributed by atoms with Gasteiger partial charge in [0.1, 0.15) is 5.82 Å². The van der Waals surface area contributed by atoms with E-state index in [-0.39, 0.29) is 23.3 Å². The highest BCUT2D eigenvalue weighted by Crippen LogP contribution is 2.36. The van der Waals surface area contributed by atoms with Crippen LogP contribution >= 0.6 is 0 Å². The molecule has 0 unspecified atom stereocenters. The Morgan fingerprint density at radius 2 is 2.12 bits per heavy atom. The Morgan fingerprint density at radius 1 is 1.32 bits per heavy atom. The SMILES string of the molecule is CCN1C(=O)CCC[C@]12CCCN(C(=O)NCc1cccc(F)c1)C2. The minimum absolute atomic E-state index is 0.141. The molecule has 1 atom stereocenters. The number of rotatable bonds is 3. The lowest BCUT2D eigenvalue weighted by Gasteiger charge is -2.51. The molecule has 2 aliphatic heterocycles. The van der Waals surface area contributed by atoms with Gasteiger partial charge in [0.2, 0.25) is 5.91 Å². The highest BCUT2D eigenvalue weighted by atomic mass is 19.1. The predicted molar refractivity (Wildman–Crippen MR) is 93.4 cm³/mol. The summed E-state index contributed by atoms with van der Waals surface area (Å²) in [6, 6.07) is 6.10. The van der Waals surface area contributed by atoms with Crippen LogP contribution in [-0.4, -0.2) is 46.9 Å². The van der Waals surface area contributed by atoms with Crippen LogP contribution in [0.4, 0.5) is 9.18 Å². The van der Waals surface area contributed by atoms with Crippen LogP contribution in [-0.2, 0) is 11.3 Å². The van der Waals surface area contributed by atoms with E-state index in [0.717, 1.165) is 31.2 Å². The van der Waals surface area contributed by atoms with Crippen molar-refractivity contribution in [3.63, 3.8) is 0 Å². The average molecular weight is 347 g/mol. The molecule has 3 rings (SSSR count). The van der Waals surface area contributed by atoms with Crippen molar-refractivity contribution in [2.75, 3.05) is 19.6 Å². The number of carbonyl (C=O) groups is 2. The summed E-state index contributed by atoms with van der Waals surface area (Å²) in [4.78, 5) is 28.7. The Bertz CT molecular complexity index is 647. The van der Waals surface area contributed by atoms with Gasteiger partial charge in [-0.25, -0.2) is 9.18 Å². The Kier molecular flexibility index (Phi) is 5.25. The summed E-state index contributed by atoms with van der Waals surface area (Å²) >= 11 is 0. The summed E-state index contributed by atoms with van der Waals surface area (Å²) in [7, 11) is 0. The van der Waals surface area contributed by atoms with Gasteiger partial charge in [-0.1, -0.05) is 12.1 Å². The van der Waals surface area contributed by atoms with E-state index in [9.17, 15) is 14.0 Å². The first-order valence-corrected chi connectivity index (χ1v) is 9.12. The van der Waals surface area contributed by atoms with Crippen molar-refractivity contribution in [2.24, 2.45) is 0 Å². The van der Waals surface area contributed by atoms with Crippen molar-refractivity contribution < 1.29 is 14.0 Å². The second-order valence-corrected chi connectivity index (χ2v) is 7.03. The Balaban J connectivity index is 1.64. The van der Waals surface area contributed by atoms with Crippen molar-refractivity contribution in [2.45, 2.75) is 51.1 Å². The molecule has 0 aliphatic carbocycles. The third kappa shape index (κ3) is 3.78. The molecular weight excluding hydrogens is 321 g/mol. The lowest BCUT2D eigenvalue weighted by atomic mass is 9.79. The normalized spacial score (nSPS) is 23.8. The molecule has 5 nitrogen and oxygen atoms in total. The third-order valence-electron chi connectivity index (χ3n) is 5.40. The zero-order chi connectivity index (χ0) is 17.9. The number of benzene rings is 1. The number of piperidine rings is 2. The second-order valence-electron chi connectivity index (χ2n) is 7.03. The molecule has 2 fully saturated rings. The molecule has 0 bridgehead atoms. The van der Waals surface area contributed by atoms with E-state index >= 15 is 0 Å². The number of hydrogen-bond donors (Lipinski definition) is 1. The van der Waals surface area contributed by atoms with Gasteiger partial charge in [0.25, 0.3) is 0 Å². The molecule has 0 radical (unpaired) electrons. The van der Waals surface area contributed by atoms with Crippen LogP contribution in [0.3, 0.4) is 0 Å². The van der Waals surface area contributed by atoms with Crippen molar-refractivity contribution in [1.29, 1.82) is 0 Å². The molecule has 2 saturated heterocycles. The average Bonchev–Trinajstić information content (AvgIpc) is 2.60. The summed E-state index contributed by atoms with van der Waals surface area (Å²) in [5.41, 5.74) is 0.529. The lowest BCUT2D eigenvalue weighted by molar-refractivity contribution is -0.144. The van der Waals surface area contributed by atoms with E-state index in [1.165, 1.54) is 12.1 Å². The lowest BCUT2D eigenvalue weighted by Crippen LogP contribution is -2.63. The maximum Gasteiger partial charge on any atom is 0.317 e. The Labute approximate surface area is 148 Å². The minimum Gasteiger partial charge on any atom is -0.336 e. The summed E-state index contributed by atoms with van der Waals surface area (Å²) in [6.45, 7) is 4.28. The highest BCUT2D eigenvalue weighted by molar-refractivity contribution is 5.79. The van der Waals surface area contributed by atoms with Crippen LogP contribution in [0.5, 0.6) is 0 Å². The number of nitrogens with zero attached hydrogens (tertiary/aromatic N) is 2. The maximum atomic E-state index is 13.2. The zero-order valence-corrected chi connectivity index (χ0v) is 14.8. The zero-order valence-electron chi connectivity index (χ0n) is 14.8. The van der Waals surface area contributed by atoms with Crippen molar-refractivity contribution in [3.8, 4) is 0 Å². The van der Waals surface area contributed by atoms with E-state index in [1.54, 1.807) is 12.1 Å². The largest absolute Gasteiger partial charge is 0.336 e. The molecule has 0 saturated carbocycles. The fraction of sp³-hybridized carbons (Fsp3) is 0.579. The summed E-state index contributed by atoms with van der Waals surface area (Å²) in [6.07, 6.45) is 4.33. The summed E-state index contributed by atoms with van der Waals surface area (Å²) in [5, 5.41) is 2.88. The standard InChI is InChI=1S/C19H26FN3O2/c1-2-23-17(24)8-4-9-19(23)10-5-11-22(14-19)18(25)21-13-15-6-3-7-16(20)12-15/h3,6-7,12H,2,4-5,8-11,13-14H2,1H3,(H,21,25)/t19-/m1/s1. The number of nitrogens with one attached hydrogen (secondary N) is 1. The van der Waals surface area contributed by atoms with E-state index in [1.807, 2.05) is 16.7 Å². The van der Waals surface area contributed by atoms with E-state index in [2.05, 4.69) is 5.32 Å². The maximum absolute atomic E-state index is 13.2. The van der Waals surface area contributed by atoms with Crippen LogP contribution in [0, 0.1) is 5.82 Å². The van der Waals surface area contributed by atoms with Crippen molar-refractivity contribution >= 4 is 11.9 Å². The third-order valence-corrected chi connectivity index (χ3v) is 5.40. The van der Waals surface area contributed by atoms with Gasteiger partial charge < -0.3 is 15.1 Å². The molecule has 136 valence electrons. The van der Waals surface area contributed by atoms with Crippen LogP contribution < -0.4 is 5.32 Å². The van der Waals surface area contributed by atoms with Gasteiger partial charge in [0.15, 0.2) is 0 Å². The number of amides is 3. The van der Waals surface area contributed by atoms with E-state index in [0.29, 0.717) is 32.6 Å². The molecule has 2 aliphatic rings. The predicted octanol–water partition coefficient (Wildman–Crippen LogP) is 2.90. The van der Waals surface area contributed by atoms with Crippen molar-refractivity contribution in [1.82, 2.24) is 15.1 Å². The monoisotopic (exact) mass is 347 g/mol. The van der Waals surface area contributed by atoms with Gasteiger partial charge in [0.05, 0.1) is 5.54 Å². The molecule has 25 heavy (non-hydrogen) atoms. The Hall–Kier alpha value is -2.11. The number of likely N-dealkylation sites (N-methyl/N-ethyl adjacent to an activating group) is 1. The van der Waals surface area contributed by atoms with Gasteiger partial charge in [-0.3, -0.25) is 4.79 Å². The fourth-order valence-electron chi connectivity index (χ4n) is 4.26. The first kappa shape index (κ1) is 17.7. The molecule has 2 heterocycles. The van der Waals surface area contributed by atoms with Gasteiger partial charge in [-0.05, 0) is 50.3 Å². The molecule has 6 heteroatoms. The molecular formula is C19H26FN3O2. The molecule has 1 N–H and O–H groups in total. The highest BCUT2D eigenvalue weighted by Gasteiger charge is 2.45. The first-order valence-electron chi connectivity index (χ1n) is 9.12. The molecule has 1 aromatic carbocycles. The van der Waals surface area contributed by atoms with Crippen molar-refractivity contribution in [3.05, 3.63) is 35.6 Å². The van der Waals surface area contributed by atoms with Crippen LogP contribution in [0.1, 0.15) is 44.6 Å². The smallest absolute Gasteiger partial charge is 0.317 e. The quantitative estimate of drug-likeness (QED) is 0.914. The van der Waals surface area contributed by atoms with E-state index in [4.69, 9.17) is 0 Å². The number of urea groups is 1. The summed E-state index contributed by atoms with van der Waals surface area (Å²) in [5.74, 6) is -0.0984. The van der Waals surface area contributed by atoms with Crippen LogP contribution in [0.15, 0.2) is 24.3 Å². The fourth-order valence-corrected chi connectivity index (χ4v) is 4.26. The van der Waals surface area contributed by atoms with Gasteiger partial charge in [-0.15, -0.1) is 0 Å². The van der Waals surface area contributed by atoms with Crippen LogP contribution in [0.2, 0.25) is 0 Å². The number of hydrogen-bond acceptors (Lipinski definition) is 2. The molecule has 3 amide bonds. The number of halogens is 1. The topological polar surface area (TPSA) is 52.7 Å². The van der Waals surface area contributed by atoms with Gasteiger partial charge >= 0.3 is 6.03 Å². The second kappa shape index (κ2) is 7.42. The summed E-state index contributed by atoms with van der Waals surface area (Å²) < 4.78 is 13.2. The molecule has 1 spiro atoms. The minimum atomic E-state index is -0.303. The van der Waals surface area contributed by atoms with Gasteiger partial charge in [-0.2, -0.15) is 0 Å². The molecule has 0 aromatic heterocycles. The van der Waals surface area contributed by atoms with Crippen LogP contribution in [0.25, 0.3) is 0 Å². The Morgan fingerprint density at radius 3 is 2.88 bits per heavy atom. The molecule has 1 aromatic rings. The number of carbonyl (C=O) groups excluding carboxylic acids is 2. The van der Waals surface area contributed by atoms with Gasteiger partial charge in [0, 0.05) is 32.6 Å². The number of likely N-dealkylation sites (tertiary alicyclic amines) is 2. The van der Waals surface area contributed by atoms with E-state index < -0.39 is 0 Å². The first-order chi connectivity index (χ1) is 12.0.